The van der Waals surface area contributed by atoms with Crippen LogP contribution in [-0.4, -0.2) is 35.0 Å². The lowest BCUT2D eigenvalue weighted by Gasteiger charge is -2.29. The minimum atomic E-state index is -0.555. The van der Waals surface area contributed by atoms with Crippen molar-refractivity contribution in [3.63, 3.8) is 0 Å². The van der Waals surface area contributed by atoms with Gasteiger partial charge in [0.25, 0.3) is 0 Å². The van der Waals surface area contributed by atoms with Gasteiger partial charge in [-0.2, -0.15) is 0 Å². The van der Waals surface area contributed by atoms with Gasteiger partial charge in [-0.25, -0.2) is 9.87 Å². The normalized spacial score (nSPS) is 14.4. The van der Waals surface area contributed by atoms with Crippen LogP contribution in [0.2, 0.25) is 0 Å². The van der Waals surface area contributed by atoms with Gasteiger partial charge in [0.15, 0.2) is 0 Å². The third-order valence-corrected chi connectivity index (χ3v) is 3.69. The molecule has 1 saturated heterocycles. The van der Waals surface area contributed by atoms with Gasteiger partial charge < -0.3 is 14.8 Å². The molecule has 0 saturated carbocycles. The van der Waals surface area contributed by atoms with E-state index < -0.39 is 11.8 Å². The Labute approximate surface area is 133 Å². The quantitative estimate of drug-likeness (QED) is 0.832. The Hall–Kier alpha value is -2.57. The van der Waals surface area contributed by atoms with Crippen molar-refractivity contribution >= 4 is 17.6 Å². The first-order chi connectivity index (χ1) is 10.9. The predicted octanol–water partition coefficient (Wildman–Crippen LogP) is 1.95. The molecule has 1 heterocycles. The third kappa shape index (κ3) is 4.21. The van der Waals surface area contributed by atoms with Crippen LogP contribution >= 0.6 is 0 Å². The van der Waals surface area contributed by atoms with E-state index in [1.807, 2.05) is 0 Å². The van der Waals surface area contributed by atoms with Crippen LogP contribution in [0.4, 0.5) is 4.39 Å². The summed E-state index contributed by atoms with van der Waals surface area (Å²) in [7, 11) is 0. The minimum Gasteiger partial charge on any atom is -0.507 e. The number of hydrogen-bond donors (Lipinski definition) is 2. The van der Waals surface area contributed by atoms with Gasteiger partial charge in [-0.3, -0.25) is 9.59 Å². The molecule has 23 heavy (non-hydrogen) atoms. The van der Waals surface area contributed by atoms with Crippen molar-refractivity contribution in [1.29, 1.82) is 0 Å². The molecule has 7 heteroatoms. The average molecular weight is 322 g/mol. The van der Waals surface area contributed by atoms with Gasteiger partial charge in [0.2, 0.25) is 5.91 Å². The van der Waals surface area contributed by atoms with E-state index in [4.69, 9.17) is 4.84 Å². The van der Waals surface area contributed by atoms with Gasteiger partial charge in [-0.1, -0.05) is 0 Å². The second kappa shape index (κ2) is 7.13. The number of hydroxylamine groups is 1. The van der Waals surface area contributed by atoms with Crippen LogP contribution in [0.1, 0.15) is 32.3 Å². The van der Waals surface area contributed by atoms with Gasteiger partial charge in [-0.05, 0) is 36.6 Å². The zero-order valence-corrected chi connectivity index (χ0v) is 13.1. The van der Waals surface area contributed by atoms with Crippen molar-refractivity contribution in [3.8, 4) is 5.75 Å². The lowest BCUT2D eigenvalue weighted by molar-refractivity contribution is -0.145. The maximum absolute atomic E-state index is 13.5. The first kappa shape index (κ1) is 16.8. The molecular weight excluding hydrogens is 303 g/mol. The summed E-state index contributed by atoms with van der Waals surface area (Å²) in [5.74, 6) is -1.20. The molecule has 1 amide bonds. The fraction of sp³-hybridized carbons (Fsp3) is 0.375. The van der Waals surface area contributed by atoms with Crippen LogP contribution in [-0.2, 0) is 14.4 Å². The maximum Gasteiger partial charge on any atom is 0.329 e. The Bertz CT molecular complexity index is 647. The fourth-order valence-electron chi connectivity index (χ4n) is 2.49. The number of rotatable bonds is 3. The number of carbonyl (C=O) groups is 2. The van der Waals surface area contributed by atoms with Crippen LogP contribution in [0.25, 0.3) is 5.70 Å². The molecule has 0 bridgehead atoms. The van der Waals surface area contributed by atoms with Crippen LogP contribution in [0, 0.1) is 5.82 Å². The van der Waals surface area contributed by atoms with Crippen molar-refractivity contribution in [2.75, 3.05) is 13.1 Å². The lowest BCUT2D eigenvalue weighted by Crippen LogP contribution is -2.35. The Kier molecular flexibility index (Phi) is 5.20. The average Bonchev–Trinajstić information content (AvgIpc) is 2.51. The number of benzene rings is 1. The molecule has 0 spiro atoms. The van der Waals surface area contributed by atoms with Crippen molar-refractivity contribution in [1.82, 2.24) is 10.4 Å². The number of aromatic hydroxyl groups is 1. The van der Waals surface area contributed by atoms with Crippen molar-refractivity contribution in [2.45, 2.75) is 26.7 Å². The highest BCUT2D eigenvalue weighted by Crippen LogP contribution is 2.30. The molecule has 1 fully saturated rings. The topological polar surface area (TPSA) is 78.9 Å². The number of nitrogens with one attached hydrogen (secondary N) is 1. The SMILES string of the molecule is CC(=O)ONC(=C1CCN(C(C)=O)CC1)c1cc(F)ccc1O. The molecule has 1 aromatic carbocycles. The molecule has 2 rings (SSSR count). The minimum absolute atomic E-state index is 0.00727. The first-order valence-electron chi connectivity index (χ1n) is 7.28. The summed E-state index contributed by atoms with van der Waals surface area (Å²) in [6, 6.07) is 3.56. The monoisotopic (exact) mass is 322 g/mol. The predicted molar refractivity (Wildman–Crippen MR) is 81.4 cm³/mol. The zero-order chi connectivity index (χ0) is 17.0. The molecule has 1 aliphatic heterocycles. The van der Waals surface area contributed by atoms with E-state index in [0.29, 0.717) is 31.6 Å². The first-order valence-corrected chi connectivity index (χ1v) is 7.28. The maximum atomic E-state index is 13.5. The van der Waals surface area contributed by atoms with Gasteiger partial charge in [0.05, 0.1) is 5.70 Å². The van der Waals surface area contributed by atoms with Crippen LogP contribution in [0.5, 0.6) is 5.75 Å². The van der Waals surface area contributed by atoms with E-state index in [2.05, 4.69) is 5.48 Å². The molecule has 0 aliphatic carbocycles. The molecule has 0 atom stereocenters. The number of phenolic OH excluding ortho intramolecular Hbond substituents is 1. The highest BCUT2D eigenvalue weighted by Gasteiger charge is 2.21. The second-order valence-corrected chi connectivity index (χ2v) is 5.34. The standard InChI is InChI=1S/C16H19FN2O4/c1-10(20)19-7-5-12(6-8-19)16(18-23-11(2)21)14-9-13(17)3-4-15(14)22/h3-4,9,18,22H,5-8H2,1-2H3. The molecule has 1 aromatic rings. The highest BCUT2D eigenvalue weighted by molar-refractivity contribution is 5.75. The number of hydrogen-bond acceptors (Lipinski definition) is 5. The second-order valence-electron chi connectivity index (χ2n) is 5.34. The Morgan fingerprint density at radius 1 is 1.26 bits per heavy atom. The number of carbonyl (C=O) groups excluding carboxylic acids is 2. The molecule has 0 unspecified atom stereocenters. The van der Waals surface area contributed by atoms with Gasteiger partial charge in [0.1, 0.15) is 11.6 Å². The van der Waals surface area contributed by atoms with E-state index in [1.165, 1.54) is 26.0 Å². The van der Waals surface area contributed by atoms with Crippen molar-refractivity contribution < 1.29 is 23.9 Å². The molecule has 2 N–H and O–H groups in total. The summed E-state index contributed by atoms with van der Waals surface area (Å²) in [6.45, 7) is 3.78. The number of piperidine rings is 1. The molecule has 124 valence electrons. The molecule has 6 nitrogen and oxygen atoms in total. The zero-order valence-electron chi connectivity index (χ0n) is 13.1. The number of halogens is 1. The largest absolute Gasteiger partial charge is 0.507 e. The van der Waals surface area contributed by atoms with Crippen LogP contribution in [0.3, 0.4) is 0 Å². The van der Waals surface area contributed by atoms with Gasteiger partial charge in [0, 0.05) is 32.5 Å². The smallest absolute Gasteiger partial charge is 0.329 e. The van der Waals surface area contributed by atoms with Gasteiger partial charge in [-0.15, -0.1) is 0 Å². The summed E-state index contributed by atoms with van der Waals surface area (Å²) in [5.41, 5.74) is 3.95. The summed E-state index contributed by atoms with van der Waals surface area (Å²) < 4.78 is 13.5. The summed E-state index contributed by atoms with van der Waals surface area (Å²) in [6.07, 6.45) is 1.08. The summed E-state index contributed by atoms with van der Waals surface area (Å²) >= 11 is 0. The van der Waals surface area contributed by atoms with E-state index in [-0.39, 0.29) is 17.2 Å². The van der Waals surface area contributed by atoms with Crippen LogP contribution in [0.15, 0.2) is 23.8 Å². The lowest BCUT2D eigenvalue weighted by atomic mass is 9.97. The van der Waals surface area contributed by atoms with E-state index in [9.17, 15) is 19.1 Å². The number of nitrogens with zero attached hydrogens (tertiary/aromatic N) is 1. The third-order valence-electron chi connectivity index (χ3n) is 3.69. The van der Waals surface area contributed by atoms with Crippen LogP contribution < -0.4 is 5.48 Å². The Morgan fingerprint density at radius 2 is 1.91 bits per heavy atom. The Morgan fingerprint density at radius 3 is 2.48 bits per heavy atom. The van der Waals surface area contributed by atoms with E-state index in [0.717, 1.165) is 11.6 Å². The Balaban J connectivity index is 2.34. The molecule has 0 radical (unpaired) electrons. The summed E-state index contributed by atoms with van der Waals surface area (Å²) in [4.78, 5) is 29.0. The highest BCUT2D eigenvalue weighted by atomic mass is 19.1. The number of likely N-dealkylation sites (tertiary alicyclic amines) is 1. The van der Waals surface area contributed by atoms with E-state index >= 15 is 0 Å². The number of amides is 1. The summed E-state index contributed by atoms with van der Waals surface area (Å²) in [5, 5.41) is 10.00. The fourth-order valence-corrected chi connectivity index (χ4v) is 2.49. The molecule has 1 aliphatic rings. The van der Waals surface area contributed by atoms with E-state index in [1.54, 1.807) is 4.90 Å². The number of phenols is 1. The molecule has 0 aromatic heterocycles. The molecular formula is C16H19FN2O4. The van der Waals surface area contributed by atoms with Crippen molar-refractivity contribution in [3.05, 3.63) is 35.2 Å². The van der Waals surface area contributed by atoms with Gasteiger partial charge >= 0.3 is 5.97 Å². The van der Waals surface area contributed by atoms with Crippen molar-refractivity contribution in [2.24, 2.45) is 0 Å².